The molecule has 0 bridgehead atoms. The van der Waals surface area contributed by atoms with Crippen LogP contribution in [0, 0.1) is 6.92 Å². The fourth-order valence-corrected chi connectivity index (χ4v) is 3.02. The van der Waals surface area contributed by atoms with Gasteiger partial charge in [0.1, 0.15) is 11.9 Å². The van der Waals surface area contributed by atoms with Crippen molar-refractivity contribution in [3.8, 4) is 0 Å². The number of aryl methyl sites for hydroxylation is 2. The average Bonchev–Trinajstić information content (AvgIpc) is 2.72. The van der Waals surface area contributed by atoms with E-state index in [2.05, 4.69) is 10.3 Å². The fourth-order valence-electron chi connectivity index (χ4n) is 3.02. The number of aromatic nitrogens is 1. The second-order valence-corrected chi connectivity index (χ2v) is 6.13. The third-order valence-corrected chi connectivity index (χ3v) is 4.29. The Morgan fingerprint density at radius 3 is 2.83 bits per heavy atom. The van der Waals surface area contributed by atoms with Crippen molar-refractivity contribution in [1.29, 1.82) is 0 Å². The highest BCUT2D eigenvalue weighted by Gasteiger charge is 2.30. The Morgan fingerprint density at radius 1 is 1.25 bits per heavy atom. The molecule has 1 aliphatic heterocycles. The van der Waals surface area contributed by atoms with Gasteiger partial charge in [0.25, 0.3) is 0 Å². The van der Waals surface area contributed by atoms with E-state index in [0.717, 1.165) is 29.7 Å². The van der Waals surface area contributed by atoms with Crippen molar-refractivity contribution in [3.63, 3.8) is 0 Å². The van der Waals surface area contributed by atoms with E-state index >= 15 is 0 Å². The number of para-hydroxylation sites is 1. The van der Waals surface area contributed by atoms with Gasteiger partial charge in [-0.1, -0.05) is 18.2 Å². The molecule has 1 atom stereocenters. The van der Waals surface area contributed by atoms with Gasteiger partial charge in [-0.2, -0.15) is 0 Å². The Labute approximate surface area is 141 Å². The zero-order valence-electron chi connectivity index (χ0n) is 14.0. The molecule has 0 radical (unpaired) electrons. The quantitative estimate of drug-likeness (QED) is 0.944. The Kier molecular flexibility index (Phi) is 4.60. The second kappa shape index (κ2) is 6.83. The van der Waals surface area contributed by atoms with Crippen LogP contribution in [0.5, 0.6) is 0 Å². The van der Waals surface area contributed by atoms with E-state index in [0.29, 0.717) is 12.2 Å². The lowest BCUT2D eigenvalue weighted by molar-refractivity contribution is -0.123. The van der Waals surface area contributed by atoms with Crippen LogP contribution < -0.4 is 10.2 Å². The van der Waals surface area contributed by atoms with Gasteiger partial charge in [-0.05, 0) is 56.0 Å². The molecule has 1 N–H and O–H groups in total. The molecule has 0 saturated heterocycles. The summed E-state index contributed by atoms with van der Waals surface area (Å²) in [5, 5.41) is 2.81. The molecule has 5 nitrogen and oxygen atoms in total. The summed E-state index contributed by atoms with van der Waals surface area (Å²) in [7, 11) is 0. The van der Waals surface area contributed by atoms with Crippen LogP contribution >= 0.6 is 0 Å². The lowest BCUT2D eigenvalue weighted by Crippen LogP contribution is -2.45. The molecule has 0 saturated carbocycles. The van der Waals surface area contributed by atoms with Crippen molar-refractivity contribution in [2.24, 2.45) is 0 Å². The summed E-state index contributed by atoms with van der Waals surface area (Å²) in [6.45, 7) is 3.69. The molecular formula is C19H21N3O2. The Hall–Kier alpha value is -2.69. The lowest BCUT2D eigenvalue weighted by atomic mass is 10.1. The third-order valence-electron chi connectivity index (χ3n) is 4.29. The van der Waals surface area contributed by atoms with Gasteiger partial charge in [0.05, 0.1) is 0 Å². The van der Waals surface area contributed by atoms with Crippen LogP contribution in [0.1, 0.15) is 30.9 Å². The minimum absolute atomic E-state index is 0.0141. The molecule has 2 amide bonds. The first-order chi connectivity index (χ1) is 11.6. The molecule has 5 heteroatoms. The summed E-state index contributed by atoms with van der Waals surface area (Å²) in [5.41, 5.74) is 2.96. The number of amides is 2. The summed E-state index contributed by atoms with van der Waals surface area (Å²) in [6.07, 6.45) is 3.77. The van der Waals surface area contributed by atoms with Crippen molar-refractivity contribution in [2.45, 2.75) is 39.2 Å². The van der Waals surface area contributed by atoms with Gasteiger partial charge < -0.3 is 5.32 Å². The van der Waals surface area contributed by atoms with Gasteiger partial charge in [0.15, 0.2) is 0 Å². The first kappa shape index (κ1) is 16.2. The van der Waals surface area contributed by atoms with Crippen molar-refractivity contribution in [2.75, 3.05) is 10.2 Å². The highest BCUT2D eigenvalue weighted by Crippen LogP contribution is 2.28. The number of benzene rings is 1. The monoisotopic (exact) mass is 323 g/mol. The molecule has 124 valence electrons. The van der Waals surface area contributed by atoms with Crippen molar-refractivity contribution in [3.05, 3.63) is 53.7 Å². The molecular weight excluding hydrogens is 302 g/mol. The van der Waals surface area contributed by atoms with Crippen molar-refractivity contribution < 1.29 is 9.59 Å². The molecule has 1 aromatic heterocycles. The number of nitrogens with zero attached hydrogens (tertiary/aromatic N) is 2. The van der Waals surface area contributed by atoms with Gasteiger partial charge in [0.2, 0.25) is 11.8 Å². The summed E-state index contributed by atoms with van der Waals surface area (Å²) in [6, 6.07) is 10.9. The number of rotatable bonds is 3. The maximum atomic E-state index is 12.6. The number of hydrogen-bond acceptors (Lipinski definition) is 3. The molecule has 24 heavy (non-hydrogen) atoms. The Morgan fingerprint density at radius 2 is 2.04 bits per heavy atom. The van der Waals surface area contributed by atoms with E-state index < -0.39 is 6.04 Å². The number of carbonyl (C=O) groups is 2. The van der Waals surface area contributed by atoms with Gasteiger partial charge in [0, 0.05) is 18.3 Å². The molecule has 0 aliphatic carbocycles. The Bertz CT molecular complexity index is 773. The molecule has 0 fully saturated rings. The van der Waals surface area contributed by atoms with Gasteiger partial charge in [-0.25, -0.2) is 4.98 Å². The van der Waals surface area contributed by atoms with E-state index in [1.807, 2.05) is 43.3 Å². The number of anilines is 2. The summed E-state index contributed by atoms with van der Waals surface area (Å²) in [5.74, 6) is 0.250. The fraction of sp³-hybridized carbons (Fsp3) is 0.316. The van der Waals surface area contributed by atoms with Crippen LogP contribution in [0.15, 0.2) is 42.6 Å². The lowest BCUT2D eigenvalue weighted by Gasteiger charge is -2.28. The highest BCUT2D eigenvalue weighted by molar-refractivity contribution is 6.05. The second-order valence-electron chi connectivity index (χ2n) is 6.13. The van der Waals surface area contributed by atoms with E-state index in [4.69, 9.17) is 0 Å². The molecule has 1 aliphatic rings. The van der Waals surface area contributed by atoms with Crippen LogP contribution in [0.25, 0.3) is 0 Å². The SMILES string of the molecule is Cc1ccnc(NC(=O)C(C)N2C(=O)CCCc3ccccc32)c1. The van der Waals surface area contributed by atoms with Crippen molar-refractivity contribution >= 4 is 23.3 Å². The highest BCUT2D eigenvalue weighted by atomic mass is 16.2. The first-order valence-corrected chi connectivity index (χ1v) is 8.20. The third kappa shape index (κ3) is 3.30. The van der Waals surface area contributed by atoms with E-state index in [1.54, 1.807) is 18.0 Å². The van der Waals surface area contributed by atoms with E-state index in [9.17, 15) is 9.59 Å². The number of nitrogens with one attached hydrogen (secondary N) is 1. The molecule has 1 aromatic carbocycles. The number of hydrogen-bond donors (Lipinski definition) is 1. The standard InChI is InChI=1S/C19H21N3O2/c1-13-10-11-20-17(12-13)21-19(24)14(2)22-16-8-4-3-6-15(16)7-5-9-18(22)23/h3-4,6,8,10-12,14H,5,7,9H2,1-2H3,(H,20,21,24). The Balaban J connectivity index is 1.86. The van der Waals surface area contributed by atoms with Crippen LogP contribution in [-0.2, 0) is 16.0 Å². The maximum absolute atomic E-state index is 12.6. The summed E-state index contributed by atoms with van der Waals surface area (Å²) >= 11 is 0. The van der Waals surface area contributed by atoms with Gasteiger partial charge >= 0.3 is 0 Å². The predicted octanol–water partition coefficient (Wildman–Crippen LogP) is 3.09. The topological polar surface area (TPSA) is 62.3 Å². The maximum Gasteiger partial charge on any atom is 0.248 e. The number of pyridine rings is 1. The molecule has 0 spiro atoms. The largest absolute Gasteiger partial charge is 0.309 e. The summed E-state index contributed by atoms with van der Waals surface area (Å²) < 4.78 is 0. The van der Waals surface area contributed by atoms with Gasteiger partial charge in [-0.15, -0.1) is 0 Å². The zero-order valence-corrected chi connectivity index (χ0v) is 14.0. The van der Waals surface area contributed by atoms with Crippen LogP contribution in [0.3, 0.4) is 0 Å². The minimum Gasteiger partial charge on any atom is -0.309 e. The average molecular weight is 323 g/mol. The molecule has 2 aromatic rings. The normalized spacial score (nSPS) is 15.4. The number of fused-ring (bicyclic) bond motifs is 1. The minimum atomic E-state index is -0.598. The first-order valence-electron chi connectivity index (χ1n) is 8.20. The molecule has 1 unspecified atom stereocenters. The smallest absolute Gasteiger partial charge is 0.248 e. The predicted molar refractivity (Wildman–Crippen MR) is 93.9 cm³/mol. The van der Waals surface area contributed by atoms with E-state index in [-0.39, 0.29) is 11.8 Å². The number of carbonyl (C=O) groups excluding carboxylic acids is 2. The molecule has 2 heterocycles. The van der Waals surface area contributed by atoms with E-state index in [1.165, 1.54) is 0 Å². The van der Waals surface area contributed by atoms with Crippen LogP contribution in [0.2, 0.25) is 0 Å². The summed E-state index contributed by atoms with van der Waals surface area (Å²) in [4.78, 5) is 31.0. The van der Waals surface area contributed by atoms with Crippen LogP contribution in [-0.4, -0.2) is 22.8 Å². The van der Waals surface area contributed by atoms with Gasteiger partial charge in [-0.3, -0.25) is 14.5 Å². The van der Waals surface area contributed by atoms with Crippen molar-refractivity contribution in [1.82, 2.24) is 4.98 Å². The zero-order chi connectivity index (χ0) is 17.1. The van der Waals surface area contributed by atoms with Crippen LogP contribution in [0.4, 0.5) is 11.5 Å². The molecule has 3 rings (SSSR count).